The summed E-state index contributed by atoms with van der Waals surface area (Å²) in [5.74, 6) is -0.614. The molecule has 4 nitrogen and oxygen atoms in total. The number of fused-ring (bicyclic) bond motifs is 1. The van der Waals surface area contributed by atoms with Gasteiger partial charge in [0.05, 0.1) is 5.56 Å². The molecule has 0 aliphatic heterocycles. The second-order valence-corrected chi connectivity index (χ2v) is 4.04. The first-order valence-corrected chi connectivity index (χ1v) is 5.72. The van der Waals surface area contributed by atoms with Crippen LogP contribution in [0.2, 0.25) is 0 Å². The second kappa shape index (κ2) is 4.53. The number of nitrogens with one attached hydrogen (secondary N) is 1. The van der Waals surface area contributed by atoms with Crippen molar-refractivity contribution in [2.75, 3.05) is 5.32 Å². The number of pyridine rings is 1. The molecule has 0 aliphatic carbocycles. The van der Waals surface area contributed by atoms with Crippen molar-refractivity contribution < 1.29 is 9.18 Å². The molecule has 3 aromatic rings. The van der Waals surface area contributed by atoms with Gasteiger partial charge in [-0.15, -0.1) is 0 Å². The molecule has 0 spiro atoms. The third kappa shape index (κ3) is 2.18. The molecule has 1 amide bonds. The molecule has 1 aromatic carbocycles. The summed E-state index contributed by atoms with van der Waals surface area (Å²) in [7, 11) is 0. The molecule has 3 rings (SSSR count). The number of anilines is 1. The fourth-order valence-electron chi connectivity index (χ4n) is 1.86. The van der Waals surface area contributed by atoms with Gasteiger partial charge in [-0.2, -0.15) is 0 Å². The SMILES string of the molecule is O=C(Nc1ccc(F)cc1)c1cccn2ccnc12. The van der Waals surface area contributed by atoms with Crippen LogP contribution in [0.25, 0.3) is 5.65 Å². The molecule has 19 heavy (non-hydrogen) atoms. The first-order valence-electron chi connectivity index (χ1n) is 5.72. The highest BCUT2D eigenvalue weighted by molar-refractivity contribution is 6.08. The van der Waals surface area contributed by atoms with E-state index in [0.29, 0.717) is 16.9 Å². The summed E-state index contributed by atoms with van der Waals surface area (Å²) < 4.78 is 14.6. The Morgan fingerprint density at radius 2 is 1.95 bits per heavy atom. The summed E-state index contributed by atoms with van der Waals surface area (Å²) in [6.45, 7) is 0. The van der Waals surface area contributed by atoms with Crippen LogP contribution in [0.5, 0.6) is 0 Å². The Morgan fingerprint density at radius 3 is 2.74 bits per heavy atom. The van der Waals surface area contributed by atoms with Crippen molar-refractivity contribution in [3.05, 3.63) is 66.4 Å². The largest absolute Gasteiger partial charge is 0.322 e. The van der Waals surface area contributed by atoms with Crippen LogP contribution in [0.4, 0.5) is 10.1 Å². The summed E-state index contributed by atoms with van der Waals surface area (Å²) >= 11 is 0. The van der Waals surface area contributed by atoms with Crippen LogP contribution >= 0.6 is 0 Å². The number of aromatic nitrogens is 2. The summed E-state index contributed by atoms with van der Waals surface area (Å²) in [5, 5.41) is 2.71. The second-order valence-electron chi connectivity index (χ2n) is 4.04. The quantitative estimate of drug-likeness (QED) is 0.765. The third-order valence-corrected chi connectivity index (χ3v) is 2.77. The lowest BCUT2D eigenvalue weighted by Crippen LogP contribution is -2.13. The van der Waals surface area contributed by atoms with Crippen LogP contribution in [0.1, 0.15) is 10.4 Å². The van der Waals surface area contributed by atoms with E-state index in [1.807, 2.05) is 6.20 Å². The summed E-state index contributed by atoms with van der Waals surface area (Å²) in [6.07, 6.45) is 5.21. The first kappa shape index (κ1) is 11.4. The summed E-state index contributed by atoms with van der Waals surface area (Å²) in [4.78, 5) is 16.3. The Morgan fingerprint density at radius 1 is 1.16 bits per heavy atom. The Bertz CT molecular complexity index is 734. The number of hydrogen-bond acceptors (Lipinski definition) is 2. The number of carbonyl (C=O) groups is 1. The van der Waals surface area contributed by atoms with E-state index in [4.69, 9.17) is 0 Å². The molecular weight excluding hydrogens is 245 g/mol. The average molecular weight is 255 g/mol. The van der Waals surface area contributed by atoms with Crippen LogP contribution in [0.15, 0.2) is 55.0 Å². The van der Waals surface area contributed by atoms with E-state index in [1.54, 1.807) is 28.9 Å². The molecule has 2 heterocycles. The maximum Gasteiger partial charge on any atom is 0.259 e. The molecule has 1 N–H and O–H groups in total. The number of amides is 1. The van der Waals surface area contributed by atoms with Crippen LogP contribution in [-0.4, -0.2) is 15.3 Å². The smallest absolute Gasteiger partial charge is 0.259 e. The maximum absolute atomic E-state index is 12.8. The lowest BCUT2D eigenvalue weighted by molar-refractivity contribution is 0.102. The molecule has 0 unspecified atom stereocenters. The van der Waals surface area contributed by atoms with Crippen molar-refractivity contribution in [1.82, 2.24) is 9.38 Å². The molecule has 0 radical (unpaired) electrons. The van der Waals surface area contributed by atoms with Crippen molar-refractivity contribution in [2.24, 2.45) is 0 Å². The minimum atomic E-state index is -0.339. The van der Waals surface area contributed by atoms with Crippen molar-refractivity contribution >= 4 is 17.2 Å². The zero-order valence-corrected chi connectivity index (χ0v) is 9.88. The zero-order valence-electron chi connectivity index (χ0n) is 9.88. The summed E-state index contributed by atoms with van der Waals surface area (Å²) in [6, 6.07) is 9.09. The van der Waals surface area contributed by atoms with Gasteiger partial charge in [0.25, 0.3) is 5.91 Å². The van der Waals surface area contributed by atoms with Crippen molar-refractivity contribution in [1.29, 1.82) is 0 Å². The average Bonchev–Trinajstić information content (AvgIpc) is 2.89. The van der Waals surface area contributed by atoms with Gasteiger partial charge in [0, 0.05) is 24.3 Å². The predicted octanol–water partition coefficient (Wildman–Crippen LogP) is 2.73. The van der Waals surface area contributed by atoms with Crippen molar-refractivity contribution in [3.8, 4) is 0 Å². The number of carbonyl (C=O) groups excluding carboxylic acids is 1. The van der Waals surface area contributed by atoms with E-state index >= 15 is 0 Å². The molecule has 5 heteroatoms. The normalized spacial score (nSPS) is 10.6. The topological polar surface area (TPSA) is 46.4 Å². The van der Waals surface area contributed by atoms with Gasteiger partial charge >= 0.3 is 0 Å². The monoisotopic (exact) mass is 255 g/mol. The molecule has 0 saturated heterocycles. The number of imidazole rings is 1. The van der Waals surface area contributed by atoms with Gasteiger partial charge in [-0.25, -0.2) is 9.37 Å². The van der Waals surface area contributed by atoms with Gasteiger partial charge in [0.2, 0.25) is 0 Å². The van der Waals surface area contributed by atoms with Gasteiger partial charge in [-0.3, -0.25) is 4.79 Å². The first-order chi connectivity index (χ1) is 9.24. The molecule has 94 valence electrons. The lowest BCUT2D eigenvalue weighted by atomic mass is 10.2. The number of hydrogen-bond donors (Lipinski definition) is 1. The van der Waals surface area contributed by atoms with Gasteiger partial charge < -0.3 is 9.72 Å². The third-order valence-electron chi connectivity index (χ3n) is 2.77. The predicted molar refractivity (Wildman–Crippen MR) is 69.5 cm³/mol. The number of nitrogens with zero attached hydrogens (tertiary/aromatic N) is 2. The molecule has 0 bridgehead atoms. The Balaban J connectivity index is 1.92. The molecule has 2 aromatic heterocycles. The van der Waals surface area contributed by atoms with Crippen LogP contribution in [0, 0.1) is 5.82 Å². The highest BCUT2D eigenvalue weighted by atomic mass is 19.1. The van der Waals surface area contributed by atoms with E-state index in [0.717, 1.165) is 0 Å². The van der Waals surface area contributed by atoms with Crippen LogP contribution < -0.4 is 5.32 Å². The van der Waals surface area contributed by atoms with Gasteiger partial charge in [-0.1, -0.05) is 0 Å². The van der Waals surface area contributed by atoms with E-state index < -0.39 is 0 Å². The Labute approximate surface area is 108 Å². The van der Waals surface area contributed by atoms with E-state index in [9.17, 15) is 9.18 Å². The van der Waals surface area contributed by atoms with E-state index in [2.05, 4.69) is 10.3 Å². The zero-order chi connectivity index (χ0) is 13.2. The van der Waals surface area contributed by atoms with E-state index in [1.165, 1.54) is 24.3 Å². The van der Waals surface area contributed by atoms with Gasteiger partial charge in [0.15, 0.2) is 0 Å². The van der Waals surface area contributed by atoms with Gasteiger partial charge in [-0.05, 0) is 36.4 Å². The molecular formula is C14H10FN3O. The standard InChI is InChI=1S/C14H10FN3O/c15-10-3-5-11(6-4-10)17-14(19)12-2-1-8-18-9-7-16-13(12)18/h1-9H,(H,17,19). The van der Waals surface area contributed by atoms with E-state index in [-0.39, 0.29) is 11.7 Å². The fraction of sp³-hybridized carbons (Fsp3) is 0. The van der Waals surface area contributed by atoms with Crippen molar-refractivity contribution in [2.45, 2.75) is 0 Å². The Kier molecular flexibility index (Phi) is 2.72. The highest BCUT2D eigenvalue weighted by Gasteiger charge is 2.11. The van der Waals surface area contributed by atoms with Crippen LogP contribution in [0.3, 0.4) is 0 Å². The Hall–Kier alpha value is -2.69. The fourth-order valence-corrected chi connectivity index (χ4v) is 1.86. The molecule has 0 aliphatic rings. The van der Waals surface area contributed by atoms with Gasteiger partial charge in [0.1, 0.15) is 11.5 Å². The molecule has 0 atom stereocenters. The number of rotatable bonds is 2. The number of benzene rings is 1. The maximum atomic E-state index is 12.8. The molecule has 0 saturated carbocycles. The molecule has 0 fully saturated rings. The highest BCUT2D eigenvalue weighted by Crippen LogP contribution is 2.13. The minimum absolute atomic E-state index is 0.275. The number of halogens is 1. The van der Waals surface area contributed by atoms with Crippen LogP contribution in [-0.2, 0) is 0 Å². The minimum Gasteiger partial charge on any atom is -0.322 e. The lowest BCUT2D eigenvalue weighted by Gasteiger charge is -2.06. The summed E-state index contributed by atoms with van der Waals surface area (Å²) in [5.41, 5.74) is 1.60. The van der Waals surface area contributed by atoms with Crippen molar-refractivity contribution in [3.63, 3.8) is 0 Å².